The summed E-state index contributed by atoms with van der Waals surface area (Å²) >= 11 is 0. The van der Waals surface area contributed by atoms with Gasteiger partial charge in [0.1, 0.15) is 0 Å². The summed E-state index contributed by atoms with van der Waals surface area (Å²) in [6, 6.07) is 5.98. The fourth-order valence-corrected chi connectivity index (χ4v) is 1.94. The van der Waals surface area contributed by atoms with Gasteiger partial charge in [-0.05, 0) is 30.5 Å². The smallest absolute Gasteiger partial charge is 0.0799 e. The highest BCUT2D eigenvalue weighted by atomic mass is 14.8. The van der Waals surface area contributed by atoms with E-state index in [2.05, 4.69) is 35.9 Å². The van der Waals surface area contributed by atoms with E-state index in [1.54, 1.807) is 18.6 Å². The molecule has 82 valence electrons. The van der Waals surface area contributed by atoms with Crippen molar-refractivity contribution in [1.29, 1.82) is 0 Å². The average Bonchev–Trinajstić information content (AvgIpc) is 2.30. The van der Waals surface area contributed by atoms with Crippen LogP contribution in [0.1, 0.15) is 28.4 Å². The number of hydrogen-bond donors (Lipinski definition) is 1. The number of benzene rings is 1. The quantitative estimate of drug-likeness (QED) is 0.831. The van der Waals surface area contributed by atoms with Crippen molar-refractivity contribution in [3.05, 3.63) is 59.2 Å². The van der Waals surface area contributed by atoms with Crippen molar-refractivity contribution >= 4 is 0 Å². The summed E-state index contributed by atoms with van der Waals surface area (Å²) < 4.78 is 0. The van der Waals surface area contributed by atoms with Crippen molar-refractivity contribution in [2.24, 2.45) is 5.73 Å². The van der Waals surface area contributed by atoms with Crippen LogP contribution in [-0.2, 0) is 0 Å². The maximum Gasteiger partial charge on any atom is 0.0799 e. The van der Waals surface area contributed by atoms with E-state index in [1.165, 1.54) is 11.1 Å². The van der Waals surface area contributed by atoms with Crippen LogP contribution >= 0.6 is 0 Å². The van der Waals surface area contributed by atoms with E-state index in [-0.39, 0.29) is 6.04 Å². The number of nitrogens with zero attached hydrogens (tertiary/aromatic N) is 2. The zero-order valence-corrected chi connectivity index (χ0v) is 9.51. The van der Waals surface area contributed by atoms with Gasteiger partial charge in [0.2, 0.25) is 0 Å². The Labute approximate surface area is 95.4 Å². The van der Waals surface area contributed by atoms with E-state index in [1.807, 2.05) is 6.07 Å². The topological polar surface area (TPSA) is 51.8 Å². The van der Waals surface area contributed by atoms with Gasteiger partial charge in [0.05, 0.1) is 17.9 Å². The lowest BCUT2D eigenvalue weighted by Gasteiger charge is -2.16. The molecule has 2 N–H and O–H groups in total. The first-order valence-corrected chi connectivity index (χ1v) is 5.27. The molecule has 1 heterocycles. The predicted molar refractivity (Wildman–Crippen MR) is 64.0 cm³/mol. The van der Waals surface area contributed by atoms with Crippen LogP contribution in [0, 0.1) is 13.8 Å². The van der Waals surface area contributed by atoms with Crippen LogP contribution in [0.5, 0.6) is 0 Å². The number of aromatic nitrogens is 2. The number of nitrogens with two attached hydrogens (primary N) is 1. The van der Waals surface area contributed by atoms with Gasteiger partial charge < -0.3 is 5.73 Å². The van der Waals surface area contributed by atoms with Crippen LogP contribution in [0.25, 0.3) is 0 Å². The van der Waals surface area contributed by atoms with Crippen molar-refractivity contribution < 1.29 is 0 Å². The van der Waals surface area contributed by atoms with Crippen molar-refractivity contribution in [1.82, 2.24) is 9.97 Å². The maximum absolute atomic E-state index is 6.22. The molecule has 1 aromatic heterocycles. The van der Waals surface area contributed by atoms with Crippen molar-refractivity contribution in [2.45, 2.75) is 19.9 Å². The van der Waals surface area contributed by atoms with E-state index >= 15 is 0 Å². The van der Waals surface area contributed by atoms with Crippen LogP contribution in [0.3, 0.4) is 0 Å². The molecule has 0 amide bonds. The van der Waals surface area contributed by atoms with Crippen molar-refractivity contribution in [3.63, 3.8) is 0 Å². The molecule has 1 unspecified atom stereocenters. The van der Waals surface area contributed by atoms with Gasteiger partial charge in [0.25, 0.3) is 0 Å². The molecular formula is C13H15N3. The Morgan fingerprint density at radius 3 is 2.38 bits per heavy atom. The first-order valence-electron chi connectivity index (χ1n) is 5.27. The van der Waals surface area contributed by atoms with Gasteiger partial charge in [0.15, 0.2) is 0 Å². The SMILES string of the molecule is Cc1cccc(C)c1C(N)c1cnccn1. The molecule has 0 bridgehead atoms. The highest BCUT2D eigenvalue weighted by Crippen LogP contribution is 2.23. The minimum atomic E-state index is -0.199. The summed E-state index contributed by atoms with van der Waals surface area (Å²) in [6.45, 7) is 4.14. The predicted octanol–water partition coefficient (Wildman–Crippen LogP) is 2.14. The van der Waals surface area contributed by atoms with Crippen LogP contribution < -0.4 is 5.73 Å². The molecule has 3 nitrogen and oxygen atoms in total. The van der Waals surface area contributed by atoms with Crippen LogP contribution in [0.2, 0.25) is 0 Å². The first-order chi connectivity index (χ1) is 7.70. The summed E-state index contributed by atoms with van der Waals surface area (Å²) in [4.78, 5) is 8.30. The molecule has 2 aromatic rings. The second-order valence-electron chi connectivity index (χ2n) is 3.91. The third-order valence-electron chi connectivity index (χ3n) is 2.75. The Kier molecular flexibility index (Phi) is 2.97. The zero-order chi connectivity index (χ0) is 11.5. The lowest BCUT2D eigenvalue weighted by atomic mass is 9.95. The average molecular weight is 213 g/mol. The molecule has 0 radical (unpaired) electrons. The van der Waals surface area contributed by atoms with Crippen molar-refractivity contribution in [3.8, 4) is 0 Å². The minimum absolute atomic E-state index is 0.199. The molecule has 0 saturated carbocycles. The lowest BCUT2D eigenvalue weighted by Crippen LogP contribution is -2.16. The fourth-order valence-electron chi connectivity index (χ4n) is 1.94. The second-order valence-corrected chi connectivity index (χ2v) is 3.91. The Morgan fingerprint density at radius 2 is 1.81 bits per heavy atom. The van der Waals surface area contributed by atoms with Crippen molar-refractivity contribution in [2.75, 3.05) is 0 Å². The van der Waals surface area contributed by atoms with Gasteiger partial charge in [-0.3, -0.25) is 9.97 Å². The Morgan fingerprint density at radius 1 is 1.12 bits per heavy atom. The monoisotopic (exact) mass is 213 g/mol. The summed E-state index contributed by atoms with van der Waals surface area (Å²) in [5.41, 5.74) is 10.5. The Bertz CT molecular complexity index is 460. The largest absolute Gasteiger partial charge is 0.319 e. The molecule has 0 aliphatic rings. The molecule has 0 aliphatic carbocycles. The third-order valence-corrected chi connectivity index (χ3v) is 2.75. The molecule has 2 rings (SSSR count). The molecule has 0 saturated heterocycles. The highest BCUT2D eigenvalue weighted by molar-refractivity contribution is 5.39. The second kappa shape index (κ2) is 4.41. The molecule has 0 aliphatic heterocycles. The molecule has 0 fully saturated rings. The molecular weight excluding hydrogens is 198 g/mol. The minimum Gasteiger partial charge on any atom is -0.319 e. The van der Waals surface area contributed by atoms with E-state index in [0.717, 1.165) is 11.3 Å². The van der Waals surface area contributed by atoms with E-state index in [9.17, 15) is 0 Å². The molecule has 16 heavy (non-hydrogen) atoms. The van der Waals surface area contributed by atoms with Gasteiger partial charge in [-0.15, -0.1) is 0 Å². The Hall–Kier alpha value is -1.74. The van der Waals surface area contributed by atoms with Gasteiger partial charge >= 0.3 is 0 Å². The van der Waals surface area contributed by atoms with Gasteiger partial charge in [0, 0.05) is 12.4 Å². The molecule has 1 atom stereocenters. The van der Waals surface area contributed by atoms with Crippen LogP contribution in [0.4, 0.5) is 0 Å². The molecule has 3 heteroatoms. The lowest BCUT2D eigenvalue weighted by molar-refractivity contribution is 0.803. The first kappa shape index (κ1) is 10.8. The standard InChI is InChI=1S/C13H15N3/c1-9-4-3-5-10(2)12(9)13(14)11-8-15-6-7-16-11/h3-8,13H,14H2,1-2H3. The van der Waals surface area contributed by atoms with Gasteiger partial charge in [-0.25, -0.2) is 0 Å². The normalized spacial score (nSPS) is 12.4. The summed E-state index contributed by atoms with van der Waals surface area (Å²) in [7, 11) is 0. The van der Waals surface area contributed by atoms with Crippen LogP contribution in [-0.4, -0.2) is 9.97 Å². The van der Waals surface area contributed by atoms with E-state index < -0.39 is 0 Å². The molecule has 1 aromatic carbocycles. The van der Waals surface area contributed by atoms with E-state index in [4.69, 9.17) is 5.73 Å². The summed E-state index contributed by atoms with van der Waals surface area (Å²) in [6.07, 6.45) is 5.04. The summed E-state index contributed by atoms with van der Waals surface area (Å²) in [5, 5.41) is 0. The van der Waals surface area contributed by atoms with Crippen LogP contribution in [0.15, 0.2) is 36.8 Å². The number of rotatable bonds is 2. The fraction of sp³-hybridized carbons (Fsp3) is 0.231. The molecule has 0 spiro atoms. The number of hydrogen-bond acceptors (Lipinski definition) is 3. The van der Waals surface area contributed by atoms with E-state index in [0.29, 0.717) is 0 Å². The Balaban J connectivity index is 2.46. The highest BCUT2D eigenvalue weighted by Gasteiger charge is 2.14. The number of aryl methyl sites for hydroxylation is 2. The third kappa shape index (κ3) is 1.95. The van der Waals surface area contributed by atoms with Gasteiger partial charge in [-0.2, -0.15) is 0 Å². The van der Waals surface area contributed by atoms with Gasteiger partial charge in [-0.1, -0.05) is 18.2 Å². The summed E-state index contributed by atoms with van der Waals surface area (Å²) in [5.74, 6) is 0. The maximum atomic E-state index is 6.22. The zero-order valence-electron chi connectivity index (χ0n) is 9.51.